The molecule has 0 spiro atoms. The minimum atomic E-state index is -1.64. The number of hydrogen-bond donors (Lipinski definition) is 1. The number of hydrogen-bond acceptors (Lipinski definition) is 6. The molecule has 0 amide bonds. The lowest BCUT2D eigenvalue weighted by atomic mass is 9.66. The number of carbonyl (C=O) groups excluding carboxylic acids is 2. The largest absolute Gasteiger partial charge is 0.479 e. The van der Waals surface area contributed by atoms with Gasteiger partial charge in [-0.25, -0.2) is 0 Å². The maximum Gasteiger partial charge on any atom is 0.318 e. The molecule has 7 atom stereocenters. The molecule has 0 unspecified atom stereocenters. The third kappa shape index (κ3) is 1.94. The van der Waals surface area contributed by atoms with E-state index in [2.05, 4.69) is 0 Å². The van der Waals surface area contributed by atoms with Gasteiger partial charge in [-0.05, 0) is 38.8 Å². The highest BCUT2D eigenvalue weighted by Gasteiger charge is 2.75. The Bertz CT molecular complexity index is 753. The third-order valence-electron chi connectivity index (χ3n) is 6.96. The van der Waals surface area contributed by atoms with Gasteiger partial charge in [0.25, 0.3) is 0 Å². The summed E-state index contributed by atoms with van der Waals surface area (Å²) >= 11 is 0. The van der Waals surface area contributed by atoms with E-state index in [4.69, 9.17) is 14.2 Å². The highest BCUT2D eigenvalue weighted by Crippen LogP contribution is 2.61. The van der Waals surface area contributed by atoms with Crippen LogP contribution in [0.25, 0.3) is 0 Å². The molecule has 4 rings (SSSR count). The van der Waals surface area contributed by atoms with E-state index < -0.39 is 35.0 Å². The molecule has 0 aromatic heterocycles. The van der Waals surface area contributed by atoms with Crippen molar-refractivity contribution in [3.8, 4) is 0 Å². The summed E-state index contributed by atoms with van der Waals surface area (Å²) in [5.41, 5.74) is -1.49. The van der Waals surface area contributed by atoms with Crippen molar-refractivity contribution in [3.05, 3.63) is 23.5 Å². The van der Waals surface area contributed by atoms with Gasteiger partial charge < -0.3 is 19.3 Å². The maximum atomic E-state index is 12.9. The predicted molar refractivity (Wildman–Crippen MR) is 91.7 cm³/mol. The summed E-state index contributed by atoms with van der Waals surface area (Å²) in [5.74, 6) is -2.33. The minimum absolute atomic E-state index is 0.117. The topological polar surface area (TPSA) is 82.1 Å². The first-order chi connectivity index (χ1) is 12.1. The lowest BCUT2D eigenvalue weighted by Crippen LogP contribution is -2.53. The van der Waals surface area contributed by atoms with Crippen molar-refractivity contribution in [1.82, 2.24) is 0 Å². The van der Waals surface area contributed by atoms with Crippen LogP contribution in [-0.4, -0.2) is 40.5 Å². The van der Waals surface area contributed by atoms with Crippen molar-refractivity contribution in [1.29, 1.82) is 0 Å². The fourth-order valence-corrected chi connectivity index (χ4v) is 5.03. The van der Waals surface area contributed by atoms with E-state index in [0.717, 1.165) is 5.57 Å². The summed E-state index contributed by atoms with van der Waals surface area (Å²) in [6, 6.07) is 0. The number of ether oxygens (including phenoxy) is 3. The van der Waals surface area contributed by atoms with Crippen LogP contribution < -0.4 is 0 Å². The zero-order valence-corrected chi connectivity index (χ0v) is 15.9. The van der Waals surface area contributed by atoms with Crippen molar-refractivity contribution in [3.63, 3.8) is 0 Å². The van der Waals surface area contributed by atoms with Gasteiger partial charge in [0.2, 0.25) is 5.78 Å². The Hall–Kier alpha value is -1.66. The van der Waals surface area contributed by atoms with E-state index in [1.54, 1.807) is 13.8 Å². The van der Waals surface area contributed by atoms with Crippen molar-refractivity contribution >= 4 is 11.8 Å². The molecule has 6 heteroatoms. The molecular formula is C20H26O6. The van der Waals surface area contributed by atoms with Gasteiger partial charge in [-0.3, -0.25) is 9.59 Å². The number of rotatable bonds is 2. The first kappa shape index (κ1) is 17.7. The molecule has 4 heterocycles. The highest BCUT2D eigenvalue weighted by molar-refractivity contribution is 6.00. The number of fused-ring (bicyclic) bond motifs is 2. The number of ketones is 1. The summed E-state index contributed by atoms with van der Waals surface area (Å²) in [5, 5.41) is 11.5. The first-order valence-electron chi connectivity index (χ1n) is 9.32. The Kier molecular flexibility index (Phi) is 3.55. The van der Waals surface area contributed by atoms with Crippen LogP contribution >= 0.6 is 0 Å². The average Bonchev–Trinajstić information content (AvgIpc) is 3.09. The predicted octanol–water partition coefficient (Wildman–Crippen LogP) is 2.26. The quantitative estimate of drug-likeness (QED) is 0.759. The van der Waals surface area contributed by atoms with Gasteiger partial charge >= 0.3 is 5.97 Å². The Morgan fingerprint density at radius 1 is 1.35 bits per heavy atom. The molecule has 2 saturated heterocycles. The van der Waals surface area contributed by atoms with Crippen molar-refractivity contribution in [2.45, 2.75) is 71.1 Å². The van der Waals surface area contributed by atoms with Crippen LogP contribution in [0.2, 0.25) is 0 Å². The van der Waals surface area contributed by atoms with Crippen LogP contribution in [-0.2, 0) is 23.8 Å². The third-order valence-corrected chi connectivity index (χ3v) is 6.96. The smallest absolute Gasteiger partial charge is 0.318 e. The lowest BCUT2D eigenvalue weighted by molar-refractivity contribution is -0.267. The molecule has 142 valence electrons. The van der Waals surface area contributed by atoms with Gasteiger partial charge in [-0.1, -0.05) is 13.8 Å². The molecule has 2 fully saturated rings. The van der Waals surface area contributed by atoms with Gasteiger partial charge in [0, 0.05) is 24.3 Å². The lowest BCUT2D eigenvalue weighted by Gasteiger charge is -2.38. The van der Waals surface area contributed by atoms with E-state index in [9.17, 15) is 14.7 Å². The summed E-state index contributed by atoms with van der Waals surface area (Å²) in [4.78, 5) is 25.5. The summed E-state index contributed by atoms with van der Waals surface area (Å²) in [6.07, 6.45) is 3.19. The van der Waals surface area contributed by atoms with Gasteiger partial charge in [0.1, 0.15) is 17.3 Å². The zero-order valence-electron chi connectivity index (χ0n) is 15.9. The number of carbonyl (C=O) groups is 2. The second-order valence-corrected chi connectivity index (χ2v) is 8.52. The van der Waals surface area contributed by atoms with Crippen LogP contribution in [0.3, 0.4) is 0 Å². The fraction of sp³-hybridized carbons (Fsp3) is 0.700. The van der Waals surface area contributed by atoms with E-state index in [1.807, 2.05) is 26.8 Å². The number of aliphatic hydroxyl groups is 1. The van der Waals surface area contributed by atoms with Crippen LogP contribution in [0.1, 0.15) is 47.5 Å². The van der Waals surface area contributed by atoms with Crippen LogP contribution in [0.5, 0.6) is 0 Å². The van der Waals surface area contributed by atoms with E-state index >= 15 is 0 Å². The molecule has 0 aliphatic carbocycles. The molecule has 0 saturated carbocycles. The van der Waals surface area contributed by atoms with E-state index in [0.29, 0.717) is 12.2 Å². The highest BCUT2D eigenvalue weighted by atomic mass is 16.7. The van der Waals surface area contributed by atoms with E-state index in [-0.39, 0.29) is 24.0 Å². The molecule has 0 aromatic rings. The molecule has 2 bridgehead atoms. The normalized spacial score (nSPS) is 49.8. The molecule has 4 aliphatic heterocycles. The number of allylic oxidation sites excluding steroid dienone is 1. The zero-order chi connectivity index (χ0) is 19.1. The molecule has 4 aliphatic rings. The maximum absolute atomic E-state index is 12.9. The Labute approximate surface area is 153 Å². The standard InChI is InChI=1S/C20H26O6/c1-6-11(3)20(23)19(5)16-13(24-17(19)22)7-10(2)12-8-15(21)18(4,25-12)9-14(16)26-20/h7-8,11,13-14,16,23H,6,9H2,1-5H3/b10-7-/t11-,13-,14+,16+,18-,19-,20-/m1/s1. The molecule has 6 nitrogen and oxygen atoms in total. The Morgan fingerprint density at radius 2 is 2.04 bits per heavy atom. The average molecular weight is 362 g/mol. The minimum Gasteiger partial charge on any atom is -0.479 e. The first-order valence-corrected chi connectivity index (χ1v) is 9.32. The van der Waals surface area contributed by atoms with E-state index in [1.165, 1.54) is 6.08 Å². The fourth-order valence-electron chi connectivity index (χ4n) is 5.03. The molecule has 26 heavy (non-hydrogen) atoms. The monoisotopic (exact) mass is 362 g/mol. The summed E-state index contributed by atoms with van der Waals surface area (Å²) in [7, 11) is 0. The van der Waals surface area contributed by atoms with Gasteiger partial charge in [0.15, 0.2) is 11.4 Å². The molecule has 0 radical (unpaired) electrons. The Balaban J connectivity index is 1.87. The molecular weight excluding hydrogens is 336 g/mol. The second-order valence-electron chi connectivity index (χ2n) is 8.52. The van der Waals surface area contributed by atoms with Crippen LogP contribution in [0, 0.1) is 17.3 Å². The summed E-state index contributed by atoms with van der Waals surface area (Å²) < 4.78 is 17.8. The van der Waals surface area contributed by atoms with Gasteiger partial charge in [-0.15, -0.1) is 0 Å². The Morgan fingerprint density at radius 3 is 2.69 bits per heavy atom. The van der Waals surface area contributed by atoms with Crippen LogP contribution in [0.4, 0.5) is 0 Å². The SMILES string of the molecule is CC[C@@H](C)[C@@]1(O)O[C@H]2C[C@@]3(C)OC(=CC3=O)/C(C)=C\[C@H]3OC(=O)[C@@]1(C)[C@H]23. The van der Waals surface area contributed by atoms with Gasteiger partial charge in [0.05, 0.1) is 6.10 Å². The van der Waals surface area contributed by atoms with Crippen molar-refractivity contribution < 1.29 is 28.9 Å². The summed E-state index contributed by atoms with van der Waals surface area (Å²) in [6.45, 7) is 9.13. The van der Waals surface area contributed by atoms with Gasteiger partial charge in [-0.2, -0.15) is 0 Å². The van der Waals surface area contributed by atoms with Crippen LogP contribution in [0.15, 0.2) is 23.5 Å². The second kappa shape index (κ2) is 5.20. The number of esters is 1. The molecule has 1 N–H and O–H groups in total. The van der Waals surface area contributed by atoms with Crippen molar-refractivity contribution in [2.75, 3.05) is 0 Å². The van der Waals surface area contributed by atoms with Crippen molar-refractivity contribution in [2.24, 2.45) is 17.3 Å². The molecule has 0 aromatic carbocycles.